The number of aryl methyl sites for hydroxylation is 2. The molecule has 0 saturated carbocycles. The van der Waals surface area contributed by atoms with E-state index in [1.54, 1.807) is 98.8 Å². The summed E-state index contributed by atoms with van der Waals surface area (Å²) in [7, 11) is 0. The topological polar surface area (TPSA) is 202 Å². The van der Waals surface area contributed by atoms with Crippen molar-refractivity contribution in [3.05, 3.63) is 283 Å². The summed E-state index contributed by atoms with van der Waals surface area (Å²) in [5.41, 5.74) is 5.33. The van der Waals surface area contributed by atoms with Gasteiger partial charge in [0.05, 0.1) is 68.0 Å². The van der Waals surface area contributed by atoms with Crippen molar-refractivity contribution in [3.63, 3.8) is 0 Å². The highest BCUT2D eigenvalue weighted by atomic mass is 16.5. The summed E-state index contributed by atoms with van der Waals surface area (Å²) in [6.45, 7) is 7.37. The summed E-state index contributed by atoms with van der Waals surface area (Å²) in [4.78, 5) is 142. The van der Waals surface area contributed by atoms with E-state index in [1.165, 1.54) is 83.8 Å². The summed E-state index contributed by atoms with van der Waals surface area (Å²) in [5, 5.41) is 0. The highest BCUT2D eigenvalue weighted by molar-refractivity contribution is 6.36. The maximum absolute atomic E-state index is 14.0. The number of fused-ring (bicyclic) bond motifs is 4. The molecular formula is C71H48N4O12. The van der Waals surface area contributed by atoms with E-state index in [0.29, 0.717) is 34.2 Å². The Kier molecular flexibility index (Phi) is 13.4. The lowest BCUT2D eigenvalue weighted by Crippen LogP contribution is -2.33. The maximum Gasteiger partial charge on any atom is 0.266 e. The van der Waals surface area contributed by atoms with Crippen LogP contribution in [0.5, 0.6) is 23.0 Å². The number of anilines is 2. The van der Waals surface area contributed by atoms with Gasteiger partial charge in [0.25, 0.3) is 47.3 Å². The summed E-state index contributed by atoms with van der Waals surface area (Å²) >= 11 is 0. The second kappa shape index (κ2) is 21.3. The van der Waals surface area contributed by atoms with Crippen LogP contribution in [0.1, 0.15) is 170 Å². The number of carbonyl (C=O) groups excluding carboxylic acids is 10. The van der Waals surface area contributed by atoms with E-state index in [0.717, 1.165) is 37.8 Å². The minimum Gasteiger partial charge on any atom is -0.457 e. The van der Waals surface area contributed by atoms with Gasteiger partial charge in [-0.1, -0.05) is 91.9 Å². The van der Waals surface area contributed by atoms with Gasteiger partial charge in [-0.15, -0.1) is 0 Å². The molecule has 16 heteroatoms. The maximum atomic E-state index is 14.0. The van der Waals surface area contributed by atoms with Gasteiger partial charge in [-0.2, -0.15) is 0 Å². The van der Waals surface area contributed by atoms with Crippen molar-refractivity contribution in [3.8, 4) is 23.0 Å². The van der Waals surface area contributed by atoms with Crippen molar-refractivity contribution in [2.45, 2.75) is 46.2 Å². The fraction of sp³-hybridized carbons (Fsp3) is 0.0986. The monoisotopic (exact) mass is 1150 g/mol. The molecule has 0 aromatic heterocycles. The standard InChI is InChI=1S/C71H48N4O12/c1-5-41-12-6-7-18-53(41)40(4)73-65(79)55-28-22-44(33-59(55)69(73)83)63(77)46-24-30-57-61(35-46)71(85)75(67(57)81)48-14-9-15-50(36-48)87-52-17-10-16-51(37-52)86-49-25-19-42(20-26-49)39(3)72-64(78)54-27-21-43(32-58(54)68(72)82)62(76)45-23-29-56-60(34-45)70(84)74(66(56)80)47-13-8-11-38(2)31-47/h6-37,39-40H,5H2,1-4H3. The molecule has 9 aromatic carbocycles. The van der Waals surface area contributed by atoms with Gasteiger partial charge in [0.15, 0.2) is 11.6 Å². The van der Waals surface area contributed by atoms with Crippen molar-refractivity contribution in [2.75, 3.05) is 9.80 Å². The molecule has 0 bridgehead atoms. The minimum absolute atomic E-state index is 0.0143. The van der Waals surface area contributed by atoms with Gasteiger partial charge >= 0.3 is 0 Å². The van der Waals surface area contributed by atoms with Crippen LogP contribution in [0, 0.1) is 6.92 Å². The third-order valence-corrected chi connectivity index (χ3v) is 16.3. The number of imide groups is 4. The number of carbonyl (C=O) groups is 10. The third-order valence-electron chi connectivity index (χ3n) is 16.3. The molecule has 0 fully saturated rings. The zero-order valence-electron chi connectivity index (χ0n) is 47.0. The Balaban J connectivity index is 0.646. The van der Waals surface area contributed by atoms with Crippen LogP contribution in [-0.2, 0) is 6.42 Å². The lowest BCUT2D eigenvalue weighted by atomic mass is 9.96. The van der Waals surface area contributed by atoms with E-state index in [2.05, 4.69) is 0 Å². The second-order valence-electron chi connectivity index (χ2n) is 21.5. The number of nitrogens with zero attached hydrogens (tertiary/aromatic N) is 4. The van der Waals surface area contributed by atoms with Crippen LogP contribution in [-0.4, -0.2) is 68.6 Å². The zero-order valence-corrected chi connectivity index (χ0v) is 47.0. The van der Waals surface area contributed by atoms with Crippen LogP contribution in [0.4, 0.5) is 11.4 Å². The van der Waals surface area contributed by atoms with Gasteiger partial charge in [0.2, 0.25) is 0 Å². The van der Waals surface area contributed by atoms with Gasteiger partial charge in [0.1, 0.15) is 23.0 Å². The number of ether oxygens (including phenoxy) is 2. The fourth-order valence-electron chi connectivity index (χ4n) is 11.8. The van der Waals surface area contributed by atoms with Crippen LogP contribution in [0.15, 0.2) is 194 Å². The third kappa shape index (κ3) is 9.27. The molecule has 87 heavy (non-hydrogen) atoms. The number of ketones is 2. The van der Waals surface area contributed by atoms with Gasteiger partial charge in [-0.3, -0.25) is 57.7 Å². The molecule has 4 heterocycles. The smallest absolute Gasteiger partial charge is 0.266 e. The molecule has 424 valence electrons. The first-order valence-corrected chi connectivity index (χ1v) is 28.0. The number of amides is 8. The van der Waals surface area contributed by atoms with Gasteiger partial charge < -0.3 is 9.47 Å². The number of hydrogen-bond donors (Lipinski definition) is 0. The molecule has 0 aliphatic carbocycles. The summed E-state index contributed by atoms with van der Waals surface area (Å²) < 4.78 is 12.4. The fourth-order valence-corrected chi connectivity index (χ4v) is 11.8. The molecule has 8 amide bonds. The van der Waals surface area contributed by atoms with Crippen LogP contribution in [0.25, 0.3) is 0 Å². The minimum atomic E-state index is -0.724. The Morgan fingerprint density at radius 1 is 0.368 bits per heavy atom. The van der Waals surface area contributed by atoms with Gasteiger partial charge in [0, 0.05) is 34.4 Å². The molecule has 0 saturated heterocycles. The molecule has 0 radical (unpaired) electrons. The summed E-state index contributed by atoms with van der Waals surface area (Å²) in [6.07, 6.45) is 0.717. The normalized spacial score (nSPS) is 14.8. The van der Waals surface area contributed by atoms with E-state index in [4.69, 9.17) is 9.47 Å². The van der Waals surface area contributed by atoms with Crippen LogP contribution >= 0.6 is 0 Å². The first-order valence-electron chi connectivity index (χ1n) is 28.0. The quantitative estimate of drug-likeness (QED) is 0.0695. The Labute approximate surface area is 497 Å². The average molecular weight is 1150 g/mol. The zero-order chi connectivity index (χ0) is 60.7. The van der Waals surface area contributed by atoms with Crippen molar-refractivity contribution in [1.82, 2.24) is 9.80 Å². The second-order valence-corrected chi connectivity index (χ2v) is 21.5. The number of benzene rings is 9. The van der Waals surface area contributed by atoms with E-state index >= 15 is 0 Å². The van der Waals surface area contributed by atoms with E-state index < -0.39 is 70.9 Å². The first kappa shape index (κ1) is 54.7. The van der Waals surface area contributed by atoms with E-state index in [-0.39, 0.29) is 72.4 Å². The highest BCUT2D eigenvalue weighted by Gasteiger charge is 2.43. The van der Waals surface area contributed by atoms with Gasteiger partial charge in [-0.05, 0) is 147 Å². The lowest BCUT2D eigenvalue weighted by Gasteiger charge is -2.24. The molecule has 0 spiro atoms. The molecule has 13 rings (SSSR count). The Morgan fingerprint density at radius 3 is 1.25 bits per heavy atom. The molecule has 4 aliphatic heterocycles. The van der Waals surface area contributed by atoms with Crippen molar-refractivity contribution < 1.29 is 57.4 Å². The van der Waals surface area contributed by atoms with E-state index in [1.807, 2.05) is 44.2 Å². The Hall–Kier alpha value is -11.5. The number of hydrogen-bond acceptors (Lipinski definition) is 12. The summed E-state index contributed by atoms with van der Waals surface area (Å²) in [5.74, 6) is -3.93. The first-order chi connectivity index (χ1) is 42.0. The van der Waals surface area contributed by atoms with Gasteiger partial charge in [-0.25, -0.2) is 9.80 Å². The molecular weight excluding hydrogens is 1100 g/mol. The van der Waals surface area contributed by atoms with Crippen molar-refractivity contribution in [2.24, 2.45) is 0 Å². The molecule has 4 aliphatic rings. The predicted molar refractivity (Wildman–Crippen MR) is 319 cm³/mol. The van der Waals surface area contributed by atoms with Crippen molar-refractivity contribution >= 4 is 70.2 Å². The van der Waals surface area contributed by atoms with Crippen molar-refractivity contribution in [1.29, 1.82) is 0 Å². The Morgan fingerprint density at radius 2 is 0.759 bits per heavy atom. The SMILES string of the molecule is CCc1ccccc1C(C)N1C(=O)c2ccc(C(=O)c3ccc4c(c3)C(=O)N(c3cccc(Oc5cccc(Oc6ccc(C(C)N7C(=O)c8ccc(C(=O)c9ccc%10c(c9)C(=O)N(c9cccc(C)c9)C%10=O)cc8C7=O)cc6)c5)c3)C4=O)cc2C1=O. The van der Waals surface area contributed by atoms with Crippen LogP contribution in [0.3, 0.4) is 0 Å². The molecule has 16 nitrogen and oxygen atoms in total. The van der Waals surface area contributed by atoms with E-state index in [9.17, 15) is 47.9 Å². The molecule has 0 N–H and O–H groups in total. The van der Waals surface area contributed by atoms with Crippen LogP contribution < -0.4 is 19.3 Å². The molecule has 2 atom stereocenters. The highest BCUT2D eigenvalue weighted by Crippen LogP contribution is 2.39. The Bertz CT molecular complexity index is 4580. The lowest BCUT2D eigenvalue weighted by molar-refractivity contribution is 0.0579. The average Bonchev–Trinajstić information content (AvgIpc) is 1.73. The molecule has 2 unspecified atom stereocenters. The number of rotatable bonds is 15. The molecule has 9 aromatic rings. The predicted octanol–water partition coefficient (Wildman–Crippen LogP) is 12.9. The largest absolute Gasteiger partial charge is 0.457 e. The van der Waals surface area contributed by atoms with Crippen LogP contribution in [0.2, 0.25) is 0 Å². The summed E-state index contributed by atoms with van der Waals surface area (Å²) in [6, 6.07) is 50.5.